The van der Waals surface area contributed by atoms with Crippen molar-refractivity contribution >= 4 is 0 Å². The van der Waals surface area contributed by atoms with Gasteiger partial charge in [0.2, 0.25) is 5.92 Å². The minimum Gasteiger partial charge on any atom is -0.385 e. The second-order valence-electron chi connectivity index (χ2n) is 5.20. The molecule has 0 aromatic carbocycles. The Morgan fingerprint density at radius 2 is 2.18 bits per heavy atom. The smallest absolute Gasteiger partial charge is 0.248 e. The summed E-state index contributed by atoms with van der Waals surface area (Å²) in [7, 11) is 1.68. The summed E-state index contributed by atoms with van der Waals surface area (Å²) in [5.41, 5.74) is 0. The minimum atomic E-state index is -2.45. The van der Waals surface area contributed by atoms with Crippen LogP contribution in [0, 0.1) is 11.8 Å². The maximum absolute atomic E-state index is 13.3. The topological polar surface area (TPSA) is 21.3 Å². The van der Waals surface area contributed by atoms with Gasteiger partial charge in [0.25, 0.3) is 0 Å². The van der Waals surface area contributed by atoms with Crippen LogP contribution in [0.5, 0.6) is 0 Å². The summed E-state index contributed by atoms with van der Waals surface area (Å²) >= 11 is 0. The van der Waals surface area contributed by atoms with Gasteiger partial charge in [-0.2, -0.15) is 0 Å². The fourth-order valence-electron chi connectivity index (χ4n) is 2.84. The van der Waals surface area contributed by atoms with Gasteiger partial charge in [0.05, 0.1) is 0 Å². The molecule has 4 heteroatoms. The first kappa shape index (κ1) is 14.8. The monoisotopic (exact) mass is 249 g/mol. The van der Waals surface area contributed by atoms with Gasteiger partial charge >= 0.3 is 0 Å². The maximum atomic E-state index is 13.3. The van der Waals surface area contributed by atoms with E-state index < -0.39 is 5.92 Å². The van der Waals surface area contributed by atoms with Crippen LogP contribution < -0.4 is 5.32 Å². The number of ether oxygens (including phenoxy) is 1. The van der Waals surface area contributed by atoms with E-state index in [0.717, 1.165) is 13.0 Å². The average Bonchev–Trinajstić information content (AvgIpc) is 2.63. The molecule has 1 saturated carbocycles. The fraction of sp³-hybridized carbons (Fsp3) is 1.00. The van der Waals surface area contributed by atoms with Crippen molar-refractivity contribution in [2.45, 2.75) is 51.5 Å². The van der Waals surface area contributed by atoms with Crippen LogP contribution in [0.3, 0.4) is 0 Å². The first-order valence-electron chi connectivity index (χ1n) is 6.60. The number of hydrogen-bond acceptors (Lipinski definition) is 2. The van der Waals surface area contributed by atoms with E-state index in [1.54, 1.807) is 7.11 Å². The van der Waals surface area contributed by atoms with Crippen molar-refractivity contribution < 1.29 is 13.5 Å². The number of halogens is 2. The molecule has 102 valence electrons. The van der Waals surface area contributed by atoms with Gasteiger partial charge in [0.15, 0.2) is 0 Å². The minimum absolute atomic E-state index is 0.0436. The molecule has 0 radical (unpaired) electrons. The van der Waals surface area contributed by atoms with Crippen LogP contribution in [0.25, 0.3) is 0 Å². The largest absolute Gasteiger partial charge is 0.385 e. The molecule has 17 heavy (non-hydrogen) atoms. The molecule has 0 aliphatic heterocycles. The fourth-order valence-corrected chi connectivity index (χ4v) is 2.84. The summed E-state index contributed by atoms with van der Waals surface area (Å²) < 4.78 is 31.6. The summed E-state index contributed by atoms with van der Waals surface area (Å²) in [5, 5.41) is 3.38. The van der Waals surface area contributed by atoms with Gasteiger partial charge in [-0.25, -0.2) is 8.78 Å². The van der Waals surface area contributed by atoms with Crippen molar-refractivity contribution in [3.05, 3.63) is 0 Å². The molecule has 1 N–H and O–H groups in total. The van der Waals surface area contributed by atoms with E-state index in [1.807, 2.05) is 6.92 Å². The first-order valence-corrected chi connectivity index (χ1v) is 6.60. The molecule has 0 bridgehead atoms. The molecule has 0 aromatic heterocycles. The number of hydrogen-bond donors (Lipinski definition) is 1. The summed E-state index contributed by atoms with van der Waals surface area (Å²) in [6.45, 7) is 5.70. The standard InChI is InChI=1S/C13H25F2NO/c1-4-16-12(10(2)6-8-17-3)11-5-7-13(14,15)9-11/h10-12,16H,4-9H2,1-3H3. The molecule has 0 saturated heterocycles. The third-order valence-corrected chi connectivity index (χ3v) is 3.78. The van der Waals surface area contributed by atoms with E-state index in [9.17, 15) is 8.78 Å². The third kappa shape index (κ3) is 4.51. The SMILES string of the molecule is CCNC(C(C)CCOC)C1CCC(F)(F)C1. The zero-order valence-electron chi connectivity index (χ0n) is 11.1. The molecule has 0 aromatic rings. The summed E-state index contributed by atoms with van der Waals surface area (Å²) in [6, 6.07) is 0.198. The van der Waals surface area contributed by atoms with Crippen LogP contribution in [0.2, 0.25) is 0 Å². The second kappa shape index (κ2) is 6.64. The molecular formula is C13H25F2NO. The Morgan fingerprint density at radius 1 is 1.47 bits per heavy atom. The van der Waals surface area contributed by atoms with E-state index >= 15 is 0 Å². The predicted molar refractivity (Wildman–Crippen MR) is 65.4 cm³/mol. The molecule has 0 heterocycles. The van der Waals surface area contributed by atoms with Crippen molar-refractivity contribution in [1.82, 2.24) is 5.32 Å². The zero-order chi connectivity index (χ0) is 12.9. The molecule has 1 fully saturated rings. The molecule has 2 nitrogen and oxygen atoms in total. The highest BCUT2D eigenvalue weighted by atomic mass is 19.3. The van der Waals surface area contributed by atoms with Crippen LogP contribution in [-0.2, 0) is 4.74 Å². The molecule has 3 atom stereocenters. The van der Waals surface area contributed by atoms with Gasteiger partial charge < -0.3 is 10.1 Å². The normalized spacial score (nSPS) is 27.0. The number of rotatable bonds is 7. The Bertz CT molecular complexity index is 223. The summed E-state index contributed by atoms with van der Waals surface area (Å²) in [5.74, 6) is -1.95. The average molecular weight is 249 g/mol. The summed E-state index contributed by atoms with van der Waals surface area (Å²) in [4.78, 5) is 0. The second-order valence-corrected chi connectivity index (χ2v) is 5.20. The number of methoxy groups -OCH3 is 1. The molecule has 0 amide bonds. The van der Waals surface area contributed by atoms with Crippen LogP contribution in [0.4, 0.5) is 8.78 Å². The van der Waals surface area contributed by atoms with Gasteiger partial charge in [0, 0.05) is 32.6 Å². The zero-order valence-corrected chi connectivity index (χ0v) is 11.1. The van der Waals surface area contributed by atoms with Gasteiger partial charge in [-0.3, -0.25) is 0 Å². The Hall–Kier alpha value is -0.220. The molecule has 1 rings (SSSR count). The molecule has 3 unspecified atom stereocenters. The van der Waals surface area contributed by atoms with Crippen LogP contribution >= 0.6 is 0 Å². The Morgan fingerprint density at radius 3 is 2.65 bits per heavy atom. The van der Waals surface area contributed by atoms with E-state index in [1.165, 1.54) is 0 Å². The van der Waals surface area contributed by atoms with E-state index in [4.69, 9.17) is 4.74 Å². The van der Waals surface area contributed by atoms with Crippen molar-refractivity contribution in [1.29, 1.82) is 0 Å². The van der Waals surface area contributed by atoms with Gasteiger partial charge in [-0.1, -0.05) is 13.8 Å². The summed E-state index contributed by atoms with van der Waals surface area (Å²) in [6.07, 6.45) is 1.66. The van der Waals surface area contributed by atoms with E-state index in [0.29, 0.717) is 18.9 Å². The predicted octanol–water partition coefficient (Wildman–Crippen LogP) is 3.07. The highest BCUT2D eigenvalue weighted by Gasteiger charge is 2.43. The third-order valence-electron chi connectivity index (χ3n) is 3.78. The molecule has 1 aliphatic rings. The lowest BCUT2D eigenvalue weighted by atomic mass is 9.86. The lowest BCUT2D eigenvalue weighted by molar-refractivity contribution is 0.00194. The van der Waals surface area contributed by atoms with Crippen molar-refractivity contribution in [3.8, 4) is 0 Å². The highest BCUT2D eigenvalue weighted by molar-refractivity contribution is 4.90. The Kier molecular flexibility index (Phi) is 5.80. The van der Waals surface area contributed by atoms with Gasteiger partial charge in [0.1, 0.15) is 0 Å². The van der Waals surface area contributed by atoms with E-state index in [2.05, 4.69) is 12.2 Å². The van der Waals surface area contributed by atoms with Crippen LogP contribution in [0.1, 0.15) is 39.5 Å². The number of nitrogens with one attached hydrogen (secondary N) is 1. The Labute approximate surface area is 103 Å². The highest BCUT2D eigenvalue weighted by Crippen LogP contribution is 2.41. The van der Waals surface area contributed by atoms with E-state index in [-0.39, 0.29) is 24.8 Å². The van der Waals surface area contributed by atoms with Crippen LogP contribution in [0.15, 0.2) is 0 Å². The van der Waals surface area contributed by atoms with Gasteiger partial charge in [-0.05, 0) is 31.2 Å². The Balaban J connectivity index is 2.53. The lowest BCUT2D eigenvalue weighted by Gasteiger charge is -2.30. The van der Waals surface area contributed by atoms with Crippen molar-refractivity contribution in [2.75, 3.05) is 20.3 Å². The quantitative estimate of drug-likeness (QED) is 0.748. The maximum Gasteiger partial charge on any atom is 0.248 e. The van der Waals surface area contributed by atoms with Crippen LogP contribution in [-0.4, -0.2) is 32.2 Å². The molecule has 1 aliphatic carbocycles. The van der Waals surface area contributed by atoms with Crippen molar-refractivity contribution in [2.24, 2.45) is 11.8 Å². The van der Waals surface area contributed by atoms with Crippen molar-refractivity contribution in [3.63, 3.8) is 0 Å². The number of alkyl halides is 2. The lowest BCUT2D eigenvalue weighted by Crippen LogP contribution is -2.41. The van der Waals surface area contributed by atoms with Gasteiger partial charge in [-0.15, -0.1) is 0 Å². The molecule has 0 spiro atoms. The first-order chi connectivity index (χ1) is 8.00. The molecular weight excluding hydrogens is 224 g/mol.